The Kier molecular flexibility index (Phi) is 5.96. The first-order valence-electron chi connectivity index (χ1n) is 6.27. The lowest BCUT2D eigenvalue weighted by atomic mass is 10.1. The fourth-order valence-corrected chi connectivity index (χ4v) is 2.25. The van der Waals surface area contributed by atoms with Crippen molar-refractivity contribution in [1.82, 2.24) is 19.6 Å². The highest BCUT2D eigenvalue weighted by atomic mass is 32.2. The first kappa shape index (κ1) is 16.4. The lowest BCUT2D eigenvalue weighted by Gasteiger charge is -2.10. The van der Waals surface area contributed by atoms with E-state index in [1.165, 1.54) is 0 Å². The van der Waals surface area contributed by atoms with Gasteiger partial charge in [0, 0.05) is 12.2 Å². The van der Waals surface area contributed by atoms with Gasteiger partial charge in [0.1, 0.15) is 0 Å². The Balaban J connectivity index is 2.29. The van der Waals surface area contributed by atoms with Crippen LogP contribution >= 0.6 is 0 Å². The van der Waals surface area contributed by atoms with Gasteiger partial charge in [-0.2, -0.15) is 18.2 Å². The highest BCUT2D eigenvalue weighted by Crippen LogP contribution is 2.05. The molecule has 1 heterocycles. The number of H-pyrrole nitrogens is 1. The van der Waals surface area contributed by atoms with Crippen molar-refractivity contribution in [1.29, 1.82) is 0 Å². The van der Waals surface area contributed by atoms with E-state index in [-0.39, 0.29) is 12.6 Å². The lowest BCUT2D eigenvalue weighted by molar-refractivity contribution is 0.121. The first-order chi connectivity index (χ1) is 9.30. The Morgan fingerprint density at radius 2 is 2.20 bits per heavy atom. The molecule has 1 aromatic rings. The zero-order valence-electron chi connectivity index (χ0n) is 11.8. The third-order valence-electron chi connectivity index (χ3n) is 2.41. The van der Waals surface area contributed by atoms with Gasteiger partial charge >= 0.3 is 16.3 Å². The van der Waals surface area contributed by atoms with Crippen molar-refractivity contribution in [2.45, 2.75) is 39.7 Å². The van der Waals surface area contributed by atoms with Crippen LogP contribution in [-0.4, -0.2) is 37.4 Å². The topological polar surface area (TPSA) is 113 Å². The maximum atomic E-state index is 11.5. The van der Waals surface area contributed by atoms with E-state index in [0.29, 0.717) is 12.8 Å². The number of aromatic nitrogens is 2. The summed E-state index contributed by atoms with van der Waals surface area (Å²) in [4.78, 5) is 11.2. The summed E-state index contributed by atoms with van der Waals surface area (Å²) < 4.78 is 31.8. The summed E-state index contributed by atoms with van der Waals surface area (Å²) >= 11 is 0. The molecule has 0 aliphatic heterocycles. The molecule has 0 radical (unpaired) electrons. The standard InChI is InChI=1S/C11H20N4O4S/c1-8(2)19-11(16)15-20(17,18)13-6-4-5-10-7-12-14-9(10)3/h7-8,13H,4-6H2,1-3H3,(H,12,14)(H,15,16). The van der Waals surface area contributed by atoms with Crippen molar-refractivity contribution in [3.05, 3.63) is 17.5 Å². The minimum absolute atomic E-state index is 0.217. The number of aromatic amines is 1. The van der Waals surface area contributed by atoms with E-state index >= 15 is 0 Å². The molecular weight excluding hydrogens is 284 g/mol. The van der Waals surface area contributed by atoms with Crippen molar-refractivity contribution < 1.29 is 17.9 Å². The van der Waals surface area contributed by atoms with E-state index in [1.807, 2.05) is 6.92 Å². The molecule has 8 nitrogen and oxygen atoms in total. The van der Waals surface area contributed by atoms with Crippen LogP contribution in [0, 0.1) is 6.92 Å². The number of nitrogens with zero attached hydrogens (tertiary/aromatic N) is 1. The van der Waals surface area contributed by atoms with E-state index < -0.39 is 16.3 Å². The Bertz CT molecular complexity index is 538. The van der Waals surface area contributed by atoms with Crippen LogP contribution in [-0.2, 0) is 21.4 Å². The zero-order valence-corrected chi connectivity index (χ0v) is 12.6. The van der Waals surface area contributed by atoms with Gasteiger partial charge in [-0.3, -0.25) is 5.10 Å². The van der Waals surface area contributed by atoms with Crippen LogP contribution in [0.1, 0.15) is 31.5 Å². The van der Waals surface area contributed by atoms with Crippen LogP contribution in [0.5, 0.6) is 0 Å². The summed E-state index contributed by atoms with van der Waals surface area (Å²) in [5.41, 5.74) is 2.00. The van der Waals surface area contributed by atoms with E-state index in [9.17, 15) is 13.2 Å². The van der Waals surface area contributed by atoms with Gasteiger partial charge in [0.25, 0.3) is 0 Å². The van der Waals surface area contributed by atoms with Gasteiger partial charge < -0.3 is 4.74 Å². The molecule has 0 saturated carbocycles. The second-order valence-electron chi connectivity index (χ2n) is 4.58. The van der Waals surface area contributed by atoms with Crippen LogP contribution in [0.2, 0.25) is 0 Å². The molecule has 0 aromatic carbocycles. The molecule has 0 atom stereocenters. The van der Waals surface area contributed by atoms with Crippen molar-refractivity contribution in [3.63, 3.8) is 0 Å². The molecule has 1 aromatic heterocycles. The van der Waals surface area contributed by atoms with Crippen LogP contribution in [0.25, 0.3) is 0 Å². The molecular formula is C11H20N4O4S. The molecule has 0 aliphatic carbocycles. The molecule has 1 rings (SSSR count). The summed E-state index contributed by atoms with van der Waals surface area (Å²) in [7, 11) is -3.88. The van der Waals surface area contributed by atoms with Crippen molar-refractivity contribution >= 4 is 16.3 Å². The average molecular weight is 304 g/mol. The minimum atomic E-state index is -3.88. The lowest BCUT2D eigenvalue weighted by Crippen LogP contribution is -2.41. The van der Waals surface area contributed by atoms with Gasteiger partial charge in [0.15, 0.2) is 0 Å². The molecule has 0 unspecified atom stereocenters. The molecule has 0 bridgehead atoms. The number of nitrogens with one attached hydrogen (secondary N) is 3. The SMILES string of the molecule is Cc1[nH]ncc1CCCNS(=O)(=O)NC(=O)OC(C)C. The molecule has 114 valence electrons. The maximum absolute atomic E-state index is 11.5. The monoisotopic (exact) mass is 304 g/mol. The van der Waals surface area contributed by atoms with E-state index in [2.05, 4.69) is 19.7 Å². The van der Waals surface area contributed by atoms with E-state index in [0.717, 1.165) is 11.3 Å². The van der Waals surface area contributed by atoms with Crippen molar-refractivity contribution in [2.75, 3.05) is 6.54 Å². The molecule has 20 heavy (non-hydrogen) atoms. The molecule has 3 N–H and O–H groups in total. The highest BCUT2D eigenvalue weighted by molar-refractivity contribution is 7.88. The normalized spacial score (nSPS) is 11.6. The Morgan fingerprint density at radius 3 is 2.75 bits per heavy atom. The van der Waals surface area contributed by atoms with Gasteiger partial charge in [-0.15, -0.1) is 0 Å². The predicted octanol–water partition coefficient (Wildman–Crippen LogP) is 0.620. The number of ether oxygens (including phenoxy) is 1. The number of rotatable bonds is 7. The summed E-state index contributed by atoms with van der Waals surface area (Å²) in [6.45, 7) is 5.38. The predicted molar refractivity (Wildman–Crippen MR) is 73.3 cm³/mol. The second kappa shape index (κ2) is 7.25. The Hall–Kier alpha value is -1.61. The second-order valence-corrected chi connectivity index (χ2v) is 6.08. The third kappa shape index (κ3) is 6.02. The van der Waals surface area contributed by atoms with Crippen LogP contribution < -0.4 is 9.44 Å². The van der Waals surface area contributed by atoms with E-state index in [4.69, 9.17) is 0 Å². The van der Waals surface area contributed by atoms with Gasteiger partial charge in [-0.1, -0.05) is 0 Å². The number of amides is 1. The summed E-state index contributed by atoms with van der Waals surface area (Å²) in [6, 6.07) is 0. The Labute approximate surface area is 118 Å². The zero-order chi connectivity index (χ0) is 15.2. The minimum Gasteiger partial charge on any atom is -0.446 e. The van der Waals surface area contributed by atoms with Crippen LogP contribution in [0.3, 0.4) is 0 Å². The van der Waals surface area contributed by atoms with Crippen LogP contribution in [0.15, 0.2) is 6.20 Å². The van der Waals surface area contributed by atoms with Gasteiger partial charge in [0.2, 0.25) is 0 Å². The summed E-state index contributed by atoms with van der Waals surface area (Å²) in [6.07, 6.45) is 1.64. The number of hydrogen-bond acceptors (Lipinski definition) is 5. The van der Waals surface area contributed by atoms with Crippen molar-refractivity contribution in [3.8, 4) is 0 Å². The first-order valence-corrected chi connectivity index (χ1v) is 7.75. The fourth-order valence-electron chi connectivity index (χ4n) is 1.50. The van der Waals surface area contributed by atoms with Gasteiger partial charge in [-0.05, 0) is 39.2 Å². The smallest absolute Gasteiger partial charge is 0.422 e. The largest absolute Gasteiger partial charge is 0.446 e. The fraction of sp³-hybridized carbons (Fsp3) is 0.636. The number of carbonyl (C=O) groups is 1. The molecule has 0 spiro atoms. The van der Waals surface area contributed by atoms with E-state index in [1.54, 1.807) is 24.8 Å². The maximum Gasteiger partial charge on any atom is 0.422 e. The molecule has 0 aliphatic rings. The number of carbonyl (C=O) groups excluding carboxylic acids is 1. The van der Waals surface area contributed by atoms with Gasteiger partial charge in [-0.25, -0.2) is 9.52 Å². The molecule has 0 saturated heterocycles. The Morgan fingerprint density at radius 1 is 1.50 bits per heavy atom. The number of aryl methyl sites for hydroxylation is 2. The third-order valence-corrected chi connectivity index (χ3v) is 3.43. The average Bonchev–Trinajstić information content (AvgIpc) is 2.68. The molecule has 0 fully saturated rings. The summed E-state index contributed by atoms with van der Waals surface area (Å²) in [5, 5.41) is 6.69. The van der Waals surface area contributed by atoms with Gasteiger partial charge in [0.05, 0.1) is 12.3 Å². The van der Waals surface area contributed by atoms with Crippen LogP contribution in [0.4, 0.5) is 4.79 Å². The molecule has 9 heteroatoms. The quantitative estimate of drug-likeness (QED) is 0.639. The summed E-state index contributed by atoms with van der Waals surface area (Å²) in [5.74, 6) is 0. The highest BCUT2D eigenvalue weighted by Gasteiger charge is 2.15. The molecule has 1 amide bonds. The van der Waals surface area contributed by atoms with Crippen molar-refractivity contribution in [2.24, 2.45) is 0 Å². The number of hydrogen-bond donors (Lipinski definition) is 3.